The Kier molecular flexibility index (Phi) is 8.55. The highest BCUT2D eigenvalue weighted by molar-refractivity contribution is 5.73. The number of nitrogens with zero attached hydrogens (tertiary/aromatic N) is 3. The fourth-order valence-electron chi connectivity index (χ4n) is 2.19. The lowest BCUT2D eigenvalue weighted by molar-refractivity contribution is -0.305. The van der Waals surface area contributed by atoms with Crippen LogP contribution in [0.25, 0.3) is 10.4 Å². The van der Waals surface area contributed by atoms with Crippen LogP contribution >= 0.6 is 0 Å². The molecule has 142 valence electrons. The van der Waals surface area contributed by atoms with E-state index < -0.39 is 48.7 Å². The van der Waals surface area contributed by atoms with Gasteiger partial charge in [0.15, 0.2) is 6.29 Å². The van der Waals surface area contributed by atoms with Gasteiger partial charge in [-0.1, -0.05) is 5.11 Å². The van der Waals surface area contributed by atoms with Crippen LogP contribution in [0.2, 0.25) is 0 Å². The van der Waals surface area contributed by atoms with Crippen molar-refractivity contribution < 1.29 is 43.9 Å². The molecule has 3 N–H and O–H groups in total. The molecule has 0 aromatic rings. The molecular formula is C13H21N3O9. The number of aliphatic hydroxyl groups excluding tert-OH is 3. The van der Waals surface area contributed by atoms with Crippen LogP contribution in [0, 0.1) is 0 Å². The predicted molar refractivity (Wildman–Crippen MR) is 78.8 cm³/mol. The number of methoxy groups -OCH3 is 2. The molecule has 1 aliphatic rings. The fraction of sp³-hybridized carbons (Fsp3) is 0.846. The minimum atomic E-state index is -1.66. The summed E-state index contributed by atoms with van der Waals surface area (Å²) in [4.78, 5) is 25.4. The maximum Gasteiger partial charge on any atom is 0.308 e. The van der Waals surface area contributed by atoms with Crippen LogP contribution in [0.15, 0.2) is 5.11 Å². The van der Waals surface area contributed by atoms with Crippen LogP contribution in [0.3, 0.4) is 0 Å². The van der Waals surface area contributed by atoms with E-state index in [1.54, 1.807) is 0 Å². The molecule has 0 aromatic carbocycles. The first-order chi connectivity index (χ1) is 11.8. The highest BCUT2D eigenvalue weighted by atomic mass is 16.7. The highest BCUT2D eigenvalue weighted by Crippen LogP contribution is 2.25. The number of carbonyl (C=O) groups is 2. The Morgan fingerprint density at radius 3 is 2.16 bits per heavy atom. The van der Waals surface area contributed by atoms with E-state index in [1.165, 1.54) is 0 Å². The lowest BCUT2D eigenvalue weighted by Gasteiger charge is -2.40. The molecule has 1 fully saturated rings. The molecule has 25 heavy (non-hydrogen) atoms. The summed E-state index contributed by atoms with van der Waals surface area (Å²) in [7, 11) is 2.30. The van der Waals surface area contributed by atoms with Gasteiger partial charge >= 0.3 is 11.9 Å². The van der Waals surface area contributed by atoms with Gasteiger partial charge in [-0.05, 0) is 5.53 Å². The number of aliphatic hydroxyl groups is 3. The summed E-state index contributed by atoms with van der Waals surface area (Å²) in [5.74, 6) is -1.35. The first-order valence-corrected chi connectivity index (χ1v) is 7.33. The number of rotatable bonds is 8. The lowest BCUT2D eigenvalue weighted by atomic mass is 9.99. The van der Waals surface area contributed by atoms with E-state index >= 15 is 0 Å². The van der Waals surface area contributed by atoms with E-state index in [0.29, 0.717) is 0 Å². The molecule has 0 aliphatic carbocycles. The van der Waals surface area contributed by atoms with E-state index in [4.69, 9.17) is 15.0 Å². The topological polar surface area (TPSA) is 181 Å². The Bertz CT molecular complexity index is 493. The largest absolute Gasteiger partial charge is 0.469 e. The molecule has 0 spiro atoms. The second kappa shape index (κ2) is 10.1. The zero-order valence-corrected chi connectivity index (χ0v) is 13.7. The molecule has 12 heteroatoms. The van der Waals surface area contributed by atoms with Crippen molar-refractivity contribution in [2.75, 3.05) is 20.8 Å². The molecule has 1 rings (SSSR count). The van der Waals surface area contributed by atoms with Crippen molar-refractivity contribution in [3.8, 4) is 0 Å². The first-order valence-electron chi connectivity index (χ1n) is 7.33. The number of ether oxygens (including phenoxy) is 4. The van der Waals surface area contributed by atoms with Gasteiger partial charge in [0.05, 0.1) is 45.8 Å². The van der Waals surface area contributed by atoms with Crippen molar-refractivity contribution in [3.63, 3.8) is 0 Å². The van der Waals surface area contributed by atoms with E-state index in [9.17, 15) is 24.9 Å². The standard InChI is InChI=1S/C13H21N3O9/c1-22-8(17)3-6(4-9(18)23-2)24-13-12(21)11(20)10(19)7(25-13)5-15-16-14/h6-7,10-13,19-21H,3-5H2,1-2H3/t7-,10-,11+,12-,13-/m1/s1. The molecular weight excluding hydrogens is 342 g/mol. The average Bonchev–Trinajstić information content (AvgIpc) is 2.60. The fourth-order valence-corrected chi connectivity index (χ4v) is 2.19. The van der Waals surface area contributed by atoms with Gasteiger partial charge in [0.25, 0.3) is 0 Å². The van der Waals surface area contributed by atoms with E-state index in [0.717, 1.165) is 14.2 Å². The second-order valence-electron chi connectivity index (χ2n) is 5.25. The Labute approximate surface area is 142 Å². The summed E-state index contributed by atoms with van der Waals surface area (Å²) in [6, 6.07) is 0. The minimum Gasteiger partial charge on any atom is -0.469 e. The van der Waals surface area contributed by atoms with Gasteiger partial charge in [0.1, 0.15) is 18.3 Å². The zero-order chi connectivity index (χ0) is 19.0. The van der Waals surface area contributed by atoms with Gasteiger partial charge in [0.2, 0.25) is 0 Å². The normalized spacial score (nSPS) is 29.0. The molecule has 12 nitrogen and oxygen atoms in total. The molecule has 1 heterocycles. The van der Waals surface area contributed by atoms with Crippen LogP contribution in [0.1, 0.15) is 12.8 Å². The molecule has 0 amide bonds. The number of carbonyl (C=O) groups excluding carboxylic acids is 2. The van der Waals surface area contributed by atoms with Crippen molar-refractivity contribution in [1.29, 1.82) is 0 Å². The minimum absolute atomic E-state index is 0.319. The van der Waals surface area contributed by atoms with Gasteiger partial charge in [-0.3, -0.25) is 9.59 Å². The number of azide groups is 1. The molecule has 0 aromatic heterocycles. The number of hydrogen-bond acceptors (Lipinski definition) is 10. The number of hydrogen-bond donors (Lipinski definition) is 3. The Morgan fingerprint density at radius 2 is 1.68 bits per heavy atom. The van der Waals surface area contributed by atoms with E-state index in [1.807, 2.05) is 0 Å². The SMILES string of the molecule is COC(=O)CC(CC(=O)OC)O[C@@H]1O[C@H](CN=[N+]=[N-])[C@@H](O)[C@H](O)[C@H]1O. The van der Waals surface area contributed by atoms with Crippen molar-refractivity contribution >= 4 is 11.9 Å². The van der Waals surface area contributed by atoms with Gasteiger partial charge in [0, 0.05) is 4.91 Å². The van der Waals surface area contributed by atoms with Crippen LogP contribution in [-0.2, 0) is 28.5 Å². The van der Waals surface area contributed by atoms with Gasteiger partial charge < -0.3 is 34.3 Å². The van der Waals surface area contributed by atoms with Gasteiger partial charge in [-0.15, -0.1) is 0 Å². The molecule has 0 radical (unpaired) electrons. The Balaban J connectivity index is 2.85. The zero-order valence-electron chi connectivity index (χ0n) is 13.7. The molecule has 0 bridgehead atoms. The molecule has 1 aliphatic heterocycles. The van der Waals surface area contributed by atoms with Crippen molar-refractivity contribution in [1.82, 2.24) is 0 Å². The maximum absolute atomic E-state index is 11.4. The van der Waals surface area contributed by atoms with Gasteiger partial charge in [-0.2, -0.15) is 0 Å². The molecule has 1 saturated heterocycles. The summed E-state index contributed by atoms with van der Waals surface area (Å²) < 4.78 is 19.7. The van der Waals surface area contributed by atoms with Crippen molar-refractivity contribution in [2.45, 2.75) is 49.7 Å². The smallest absolute Gasteiger partial charge is 0.308 e. The van der Waals surface area contributed by atoms with Crippen molar-refractivity contribution in [2.24, 2.45) is 5.11 Å². The summed E-state index contributed by atoms with van der Waals surface area (Å²) in [6.07, 6.45) is -9.17. The summed E-state index contributed by atoms with van der Waals surface area (Å²) >= 11 is 0. The van der Waals surface area contributed by atoms with Crippen LogP contribution in [-0.4, -0.2) is 84.8 Å². The lowest BCUT2D eigenvalue weighted by Crippen LogP contribution is -2.59. The monoisotopic (exact) mass is 363 g/mol. The van der Waals surface area contributed by atoms with Crippen LogP contribution in [0.5, 0.6) is 0 Å². The average molecular weight is 363 g/mol. The van der Waals surface area contributed by atoms with Crippen LogP contribution in [0.4, 0.5) is 0 Å². The predicted octanol–water partition coefficient (Wildman–Crippen LogP) is -1.38. The van der Waals surface area contributed by atoms with Gasteiger partial charge in [-0.25, -0.2) is 0 Å². The van der Waals surface area contributed by atoms with E-state index in [2.05, 4.69) is 19.5 Å². The second-order valence-corrected chi connectivity index (χ2v) is 5.25. The quantitative estimate of drug-likeness (QED) is 0.202. The van der Waals surface area contributed by atoms with Crippen molar-refractivity contribution in [3.05, 3.63) is 10.4 Å². The van der Waals surface area contributed by atoms with Crippen LogP contribution < -0.4 is 0 Å². The summed E-state index contributed by atoms with van der Waals surface area (Å²) in [6.45, 7) is -0.319. The third-order valence-electron chi connectivity index (χ3n) is 3.56. The molecule has 0 unspecified atom stereocenters. The third-order valence-corrected chi connectivity index (χ3v) is 3.56. The highest BCUT2D eigenvalue weighted by Gasteiger charge is 2.45. The maximum atomic E-state index is 11.4. The Morgan fingerprint density at radius 1 is 1.12 bits per heavy atom. The molecule has 5 atom stereocenters. The number of esters is 2. The third kappa shape index (κ3) is 6.12. The summed E-state index contributed by atoms with van der Waals surface area (Å²) in [5, 5.41) is 32.9. The van der Waals surface area contributed by atoms with E-state index in [-0.39, 0.29) is 19.4 Å². The molecule has 0 saturated carbocycles. The Hall–Kier alpha value is -1.95. The first kappa shape index (κ1) is 21.1. The summed E-state index contributed by atoms with van der Waals surface area (Å²) in [5.41, 5.74) is 8.34.